The third-order valence-corrected chi connectivity index (χ3v) is 1.66. The van der Waals surface area contributed by atoms with Crippen molar-refractivity contribution in [3.63, 3.8) is 0 Å². The predicted molar refractivity (Wildman–Crippen MR) is 72.6 cm³/mol. The second-order valence-electron chi connectivity index (χ2n) is 3.15. The SMILES string of the molecule is CC(CN=C(N)N)Oc1cccc(F)c1.I. The van der Waals surface area contributed by atoms with E-state index in [4.69, 9.17) is 16.2 Å². The Kier molecular flexibility index (Phi) is 6.78. The van der Waals surface area contributed by atoms with E-state index in [0.717, 1.165) is 0 Å². The van der Waals surface area contributed by atoms with Crippen LogP contribution in [0.5, 0.6) is 5.75 Å². The van der Waals surface area contributed by atoms with Gasteiger partial charge in [0, 0.05) is 6.07 Å². The lowest BCUT2D eigenvalue weighted by Crippen LogP contribution is -2.26. The third-order valence-electron chi connectivity index (χ3n) is 1.66. The molecule has 4 nitrogen and oxygen atoms in total. The fraction of sp³-hybridized carbons (Fsp3) is 0.300. The molecule has 6 heteroatoms. The zero-order chi connectivity index (χ0) is 11.3. The van der Waals surface area contributed by atoms with Crippen LogP contribution in [0.3, 0.4) is 0 Å². The second kappa shape index (κ2) is 7.26. The molecule has 0 radical (unpaired) electrons. The molecule has 1 unspecified atom stereocenters. The fourth-order valence-electron chi connectivity index (χ4n) is 1.04. The van der Waals surface area contributed by atoms with Gasteiger partial charge in [-0.2, -0.15) is 0 Å². The molecule has 0 aliphatic carbocycles. The number of benzene rings is 1. The van der Waals surface area contributed by atoms with E-state index in [1.165, 1.54) is 12.1 Å². The molecule has 90 valence electrons. The molecule has 0 aliphatic rings. The quantitative estimate of drug-likeness (QED) is 0.496. The van der Waals surface area contributed by atoms with Crippen LogP contribution < -0.4 is 16.2 Å². The molecule has 1 atom stereocenters. The Balaban J connectivity index is 0.00000225. The first-order chi connectivity index (χ1) is 7.08. The Labute approximate surface area is 111 Å². The summed E-state index contributed by atoms with van der Waals surface area (Å²) in [5, 5.41) is 0. The van der Waals surface area contributed by atoms with Crippen molar-refractivity contribution in [3.05, 3.63) is 30.1 Å². The first kappa shape index (κ1) is 14.9. The smallest absolute Gasteiger partial charge is 0.186 e. The van der Waals surface area contributed by atoms with E-state index in [2.05, 4.69) is 4.99 Å². The van der Waals surface area contributed by atoms with Gasteiger partial charge >= 0.3 is 0 Å². The van der Waals surface area contributed by atoms with Crippen LogP contribution in [0.15, 0.2) is 29.3 Å². The number of hydrogen-bond acceptors (Lipinski definition) is 2. The highest BCUT2D eigenvalue weighted by atomic mass is 127. The summed E-state index contributed by atoms with van der Waals surface area (Å²) in [4.78, 5) is 3.80. The number of hydrogen-bond donors (Lipinski definition) is 2. The summed E-state index contributed by atoms with van der Waals surface area (Å²) in [5.41, 5.74) is 10.3. The van der Waals surface area contributed by atoms with E-state index in [9.17, 15) is 4.39 Å². The fourth-order valence-corrected chi connectivity index (χ4v) is 1.04. The summed E-state index contributed by atoms with van der Waals surface area (Å²) in [6.07, 6.45) is -0.200. The molecule has 0 spiro atoms. The number of rotatable bonds is 4. The number of ether oxygens (including phenoxy) is 1. The van der Waals surface area contributed by atoms with E-state index in [1.807, 2.05) is 0 Å². The van der Waals surface area contributed by atoms with Gasteiger partial charge in [0.05, 0.1) is 6.54 Å². The van der Waals surface area contributed by atoms with Gasteiger partial charge in [0.1, 0.15) is 17.7 Å². The van der Waals surface area contributed by atoms with Crippen molar-refractivity contribution in [2.75, 3.05) is 6.54 Å². The first-order valence-electron chi connectivity index (χ1n) is 4.55. The van der Waals surface area contributed by atoms with Gasteiger partial charge in [-0.05, 0) is 19.1 Å². The largest absolute Gasteiger partial charge is 0.489 e. The molecule has 1 aromatic rings. The van der Waals surface area contributed by atoms with E-state index >= 15 is 0 Å². The second-order valence-corrected chi connectivity index (χ2v) is 3.15. The Morgan fingerprint density at radius 2 is 2.19 bits per heavy atom. The van der Waals surface area contributed by atoms with E-state index in [1.54, 1.807) is 19.1 Å². The summed E-state index contributed by atoms with van der Waals surface area (Å²) in [6, 6.07) is 5.92. The number of halogens is 2. The monoisotopic (exact) mass is 339 g/mol. The summed E-state index contributed by atoms with van der Waals surface area (Å²) in [5.74, 6) is 0.152. The summed E-state index contributed by atoms with van der Waals surface area (Å²) >= 11 is 0. The molecule has 1 aromatic carbocycles. The summed E-state index contributed by atoms with van der Waals surface area (Å²) in [6.45, 7) is 2.15. The average molecular weight is 339 g/mol. The molecule has 0 amide bonds. The topological polar surface area (TPSA) is 73.6 Å². The van der Waals surface area contributed by atoms with Crippen LogP contribution in [0.1, 0.15) is 6.92 Å². The number of aliphatic imine (C=N–C) groups is 1. The lowest BCUT2D eigenvalue weighted by atomic mass is 10.3. The van der Waals surface area contributed by atoms with E-state index < -0.39 is 0 Å². The van der Waals surface area contributed by atoms with Crippen molar-refractivity contribution in [2.45, 2.75) is 13.0 Å². The van der Waals surface area contributed by atoms with E-state index in [-0.39, 0.29) is 41.9 Å². The zero-order valence-electron chi connectivity index (χ0n) is 8.89. The van der Waals surface area contributed by atoms with E-state index in [0.29, 0.717) is 12.3 Å². The van der Waals surface area contributed by atoms with Crippen LogP contribution in [0.25, 0.3) is 0 Å². The van der Waals surface area contributed by atoms with Gasteiger partial charge in [-0.15, -0.1) is 24.0 Å². The van der Waals surface area contributed by atoms with Crippen LogP contribution in [-0.2, 0) is 0 Å². The maximum absolute atomic E-state index is 12.8. The highest BCUT2D eigenvalue weighted by molar-refractivity contribution is 14.0. The van der Waals surface area contributed by atoms with Gasteiger partial charge in [-0.1, -0.05) is 6.07 Å². The average Bonchev–Trinajstić information content (AvgIpc) is 2.15. The Morgan fingerprint density at radius 1 is 1.50 bits per heavy atom. The Bertz CT molecular complexity index is 356. The first-order valence-corrected chi connectivity index (χ1v) is 4.55. The molecule has 0 fully saturated rings. The molecule has 0 bridgehead atoms. The third kappa shape index (κ3) is 5.74. The van der Waals surface area contributed by atoms with Crippen LogP contribution in [0, 0.1) is 5.82 Å². The molecule has 16 heavy (non-hydrogen) atoms. The zero-order valence-corrected chi connectivity index (χ0v) is 11.2. The van der Waals surface area contributed by atoms with Crippen molar-refractivity contribution in [1.29, 1.82) is 0 Å². The normalized spacial score (nSPS) is 11.1. The lowest BCUT2D eigenvalue weighted by molar-refractivity contribution is 0.229. The highest BCUT2D eigenvalue weighted by Crippen LogP contribution is 2.13. The van der Waals surface area contributed by atoms with Crippen molar-refractivity contribution >= 4 is 29.9 Å². The summed E-state index contributed by atoms with van der Waals surface area (Å²) < 4.78 is 18.2. The minimum atomic E-state index is -0.332. The van der Waals surface area contributed by atoms with Gasteiger partial charge in [-0.25, -0.2) is 9.38 Å². The lowest BCUT2D eigenvalue weighted by Gasteiger charge is -2.12. The van der Waals surface area contributed by atoms with Crippen LogP contribution in [0.4, 0.5) is 4.39 Å². The maximum Gasteiger partial charge on any atom is 0.186 e. The molecular formula is C10H15FIN3O. The van der Waals surface area contributed by atoms with Crippen molar-refractivity contribution < 1.29 is 9.13 Å². The number of nitrogens with two attached hydrogens (primary N) is 2. The number of nitrogens with zero attached hydrogens (tertiary/aromatic N) is 1. The molecule has 0 aromatic heterocycles. The van der Waals surface area contributed by atoms with Crippen molar-refractivity contribution in [3.8, 4) is 5.75 Å². The van der Waals surface area contributed by atoms with Crippen LogP contribution in [-0.4, -0.2) is 18.6 Å². The maximum atomic E-state index is 12.8. The molecule has 0 aliphatic heterocycles. The number of guanidine groups is 1. The van der Waals surface area contributed by atoms with Crippen molar-refractivity contribution in [2.24, 2.45) is 16.5 Å². The van der Waals surface area contributed by atoms with Crippen LogP contribution in [0.2, 0.25) is 0 Å². The summed E-state index contributed by atoms with van der Waals surface area (Å²) in [7, 11) is 0. The molecular weight excluding hydrogens is 324 g/mol. The van der Waals surface area contributed by atoms with Gasteiger partial charge in [0.15, 0.2) is 5.96 Å². The van der Waals surface area contributed by atoms with Gasteiger partial charge in [-0.3, -0.25) is 0 Å². The molecule has 0 heterocycles. The standard InChI is InChI=1S/C10H14FN3O.HI/c1-7(6-14-10(12)13)15-9-4-2-3-8(11)5-9;/h2-5,7H,6H2,1H3,(H4,12,13,14);1H. The van der Waals surface area contributed by atoms with Gasteiger partial charge < -0.3 is 16.2 Å². The minimum absolute atomic E-state index is 0. The Hall–Kier alpha value is -1.05. The predicted octanol–water partition coefficient (Wildman–Crippen LogP) is 1.48. The molecule has 0 saturated heterocycles. The van der Waals surface area contributed by atoms with Gasteiger partial charge in [0.2, 0.25) is 0 Å². The van der Waals surface area contributed by atoms with Crippen LogP contribution >= 0.6 is 24.0 Å². The highest BCUT2D eigenvalue weighted by Gasteiger charge is 2.03. The van der Waals surface area contributed by atoms with Gasteiger partial charge in [0.25, 0.3) is 0 Å². The molecule has 4 N–H and O–H groups in total. The molecule has 1 rings (SSSR count). The van der Waals surface area contributed by atoms with Crippen molar-refractivity contribution in [1.82, 2.24) is 0 Å². The Morgan fingerprint density at radius 3 is 2.75 bits per heavy atom. The molecule has 0 saturated carbocycles. The minimum Gasteiger partial charge on any atom is -0.489 e.